The van der Waals surface area contributed by atoms with Gasteiger partial charge in [0.1, 0.15) is 0 Å². The van der Waals surface area contributed by atoms with Crippen LogP contribution < -0.4 is 12.4 Å². The zero-order chi connectivity index (χ0) is 20.1. The van der Waals surface area contributed by atoms with Crippen molar-refractivity contribution < 1.29 is 12.4 Å². The van der Waals surface area contributed by atoms with Crippen molar-refractivity contribution in [1.82, 2.24) is 0 Å². The lowest BCUT2D eigenvalue weighted by Gasteiger charge is -2.10. The first-order chi connectivity index (χ1) is 13.1. The summed E-state index contributed by atoms with van der Waals surface area (Å²) in [6, 6.07) is 0. The van der Waals surface area contributed by atoms with E-state index in [1.807, 2.05) is 0 Å². The summed E-state index contributed by atoms with van der Waals surface area (Å²) in [6.45, 7) is 9.73. The highest BCUT2D eigenvalue weighted by Crippen LogP contribution is 2.47. The Morgan fingerprint density at radius 1 is 0.357 bits per heavy atom. The fourth-order valence-electron chi connectivity index (χ4n) is 4.02. The average molecular weight is 435 g/mol. The van der Waals surface area contributed by atoms with Gasteiger partial charge in [0.15, 0.2) is 0 Å². The van der Waals surface area contributed by atoms with Crippen LogP contribution >= 0.6 is 7.26 Å². The molecular formula is C26H56ClP. The van der Waals surface area contributed by atoms with Gasteiger partial charge in [-0.05, 0) is 12.8 Å². The number of unbranched alkanes of at least 4 members (excludes halogenated alkanes) is 20. The van der Waals surface area contributed by atoms with Crippen LogP contribution in [-0.4, -0.2) is 26.2 Å². The molecule has 0 saturated carbocycles. The molecule has 0 spiro atoms. The largest absolute Gasteiger partial charge is 1.00 e. The predicted molar refractivity (Wildman–Crippen MR) is 132 cm³/mol. The molecule has 0 aromatic rings. The summed E-state index contributed by atoms with van der Waals surface area (Å²) >= 11 is 0. The summed E-state index contributed by atoms with van der Waals surface area (Å²) in [4.78, 5) is 0. The van der Waals surface area contributed by atoms with Crippen molar-refractivity contribution in [1.29, 1.82) is 0 Å². The third kappa shape index (κ3) is 28.9. The second-order valence-corrected chi connectivity index (χ2v) is 15.1. The van der Waals surface area contributed by atoms with Crippen LogP contribution in [0.4, 0.5) is 0 Å². The molecule has 0 amide bonds. The SMILES string of the molecule is CCCCCCCCCCCCCCCCCCCCCCC[P+](C)(C)C.[Cl-]. The summed E-state index contributed by atoms with van der Waals surface area (Å²) in [5, 5.41) is 0. The maximum Gasteiger partial charge on any atom is 0.0586 e. The monoisotopic (exact) mass is 434 g/mol. The molecule has 0 aromatic carbocycles. The molecule has 172 valence electrons. The van der Waals surface area contributed by atoms with Gasteiger partial charge in [0, 0.05) is 27.3 Å². The van der Waals surface area contributed by atoms with E-state index in [1.54, 1.807) is 0 Å². The van der Waals surface area contributed by atoms with Crippen LogP contribution in [0.3, 0.4) is 0 Å². The van der Waals surface area contributed by atoms with E-state index in [2.05, 4.69) is 26.9 Å². The number of hydrogen-bond donors (Lipinski definition) is 0. The first-order valence-electron chi connectivity index (χ1n) is 12.9. The Morgan fingerprint density at radius 3 is 0.786 bits per heavy atom. The van der Waals surface area contributed by atoms with E-state index in [1.165, 1.54) is 141 Å². The topological polar surface area (TPSA) is 0 Å². The highest BCUT2D eigenvalue weighted by atomic mass is 35.5. The Bertz CT molecular complexity index is 272. The van der Waals surface area contributed by atoms with Crippen LogP contribution in [0.25, 0.3) is 0 Å². The van der Waals surface area contributed by atoms with Gasteiger partial charge in [-0.15, -0.1) is 0 Å². The second kappa shape index (κ2) is 24.0. The predicted octanol–water partition coefficient (Wildman–Crippen LogP) is 7.11. The summed E-state index contributed by atoms with van der Waals surface area (Å²) in [6.07, 6.45) is 32.6. The Morgan fingerprint density at radius 2 is 0.571 bits per heavy atom. The van der Waals surface area contributed by atoms with Crippen molar-refractivity contribution in [2.45, 2.75) is 142 Å². The van der Waals surface area contributed by atoms with E-state index >= 15 is 0 Å². The molecule has 0 bridgehead atoms. The van der Waals surface area contributed by atoms with E-state index in [0.29, 0.717) is 0 Å². The summed E-state index contributed by atoms with van der Waals surface area (Å²) in [5.74, 6) is 0. The lowest BCUT2D eigenvalue weighted by Crippen LogP contribution is -3.00. The van der Waals surface area contributed by atoms with Crippen molar-refractivity contribution in [2.24, 2.45) is 0 Å². The summed E-state index contributed by atoms with van der Waals surface area (Å²) in [5.41, 5.74) is 0. The second-order valence-electron chi connectivity index (χ2n) is 10.1. The molecule has 0 rings (SSSR count). The van der Waals surface area contributed by atoms with Gasteiger partial charge in [0.25, 0.3) is 0 Å². The molecule has 0 nitrogen and oxygen atoms in total. The first kappa shape index (κ1) is 30.9. The lowest BCUT2D eigenvalue weighted by atomic mass is 10.0. The van der Waals surface area contributed by atoms with Crippen molar-refractivity contribution in [2.75, 3.05) is 26.2 Å². The zero-order valence-electron chi connectivity index (χ0n) is 20.4. The molecule has 0 aliphatic heterocycles. The van der Waals surface area contributed by atoms with Gasteiger partial charge in [0.2, 0.25) is 0 Å². The smallest absolute Gasteiger partial charge is 0.0586 e. The molecule has 2 heteroatoms. The highest BCUT2D eigenvalue weighted by molar-refractivity contribution is 7.73. The molecule has 0 unspecified atom stereocenters. The standard InChI is InChI=1S/C26H56P.ClH/c1-5-6-7-8-9-10-11-12-13-14-15-16-17-18-19-20-21-22-23-24-25-26-27(2,3)4;/h5-26H2,1-4H3;1H/q+1;/p-1. The third-order valence-corrected chi connectivity index (χ3v) is 7.59. The first-order valence-corrected chi connectivity index (χ1v) is 16.2. The minimum atomic E-state index is -0.511. The van der Waals surface area contributed by atoms with Crippen LogP contribution in [0, 0.1) is 0 Å². The van der Waals surface area contributed by atoms with Gasteiger partial charge in [-0.2, -0.15) is 0 Å². The molecule has 0 aliphatic carbocycles. The van der Waals surface area contributed by atoms with Gasteiger partial charge < -0.3 is 12.4 Å². The minimum Gasteiger partial charge on any atom is -1.00 e. The van der Waals surface area contributed by atoms with E-state index < -0.39 is 7.26 Å². The van der Waals surface area contributed by atoms with Crippen LogP contribution in [0.2, 0.25) is 0 Å². The van der Waals surface area contributed by atoms with Gasteiger partial charge in [-0.3, -0.25) is 0 Å². The fourth-order valence-corrected chi connectivity index (χ4v) is 5.19. The van der Waals surface area contributed by atoms with Crippen molar-refractivity contribution >= 4 is 7.26 Å². The molecule has 0 aromatic heterocycles. The van der Waals surface area contributed by atoms with Crippen LogP contribution in [0.5, 0.6) is 0 Å². The highest BCUT2D eigenvalue weighted by Gasteiger charge is 2.15. The molecule has 0 aliphatic rings. The Kier molecular flexibility index (Phi) is 26.5. The molecule has 0 heterocycles. The third-order valence-electron chi connectivity index (χ3n) is 5.93. The van der Waals surface area contributed by atoms with Crippen molar-refractivity contribution in [3.8, 4) is 0 Å². The number of rotatable bonds is 22. The molecule has 0 radical (unpaired) electrons. The average Bonchev–Trinajstić information content (AvgIpc) is 2.62. The molecule has 0 saturated heterocycles. The van der Waals surface area contributed by atoms with Gasteiger partial charge in [-0.25, -0.2) is 0 Å². The van der Waals surface area contributed by atoms with Gasteiger partial charge in [0.05, 0.1) is 6.16 Å². The number of hydrogen-bond acceptors (Lipinski definition) is 0. The maximum atomic E-state index is 2.48. The summed E-state index contributed by atoms with van der Waals surface area (Å²) < 4.78 is 0. The van der Waals surface area contributed by atoms with E-state index in [-0.39, 0.29) is 12.4 Å². The normalized spacial score (nSPS) is 11.6. The quantitative estimate of drug-likeness (QED) is 0.126. The van der Waals surface area contributed by atoms with Crippen LogP contribution in [0.15, 0.2) is 0 Å². The van der Waals surface area contributed by atoms with Crippen LogP contribution in [0.1, 0.15) is 142 Å². The lowest BCUT2D eigenvalue weighted by molar-refractivity contribution is -0.00000631. The Labute approximate surface area is 187 Å². The molecule has 0 N–H and O–H groups in total. The van der Waals surface area contributed by atoms with Gasteiger partial charge in [-0.1, -0.05) is 129 Å². The Balaban J connectivity index is 0. The van der Waals surface area contributed by atoms with E-state index in [4.69, 9.17) is 0 Å². The van der Waals surface area contributed by atoms with Crippen LogP contribution in [-0.2, 0) is 0 Å². The van der Waals surface area contributed by atoms with Crippen molar-refractivity contribution in [3.05, 3.63) is 0 Å². The fraction of sp³-hybridized carbons (Fsp3) is 1.00. The molecular weight excluding hydrogens is 379 g/mol. The molecule has 28 heavy (non-hydrogen) atoms. The Hall–Kier alpha value is 0.720. The van der Waals surface area contributed by atoms with E-state index in [9.17, 15) is 0 Å². The zero-order valence-corrected chi connectivity index (χ0v) is 22.0. The minimum absolute atomic E-state index is 0. The maximum absolute atomic E-state index is 2.48. The molecule has 0 atom stereocenters. The number of halogens is 1. The van der Waals surface area contributed by atoms with Crippen molar-refractivity contribution in [3.63, 3.8) is 0 Å². The van der Waals surface area contributed by atoms with E-state index in [0.717, 1.165) is 0 Å². The van der Waals surface area contributed by atoms with Gasteiger partial charge >= 0.3 is 0 Å². The summed E-state index contributed by atoms with van der Waals surface area (Å²) in [7, 11) is -0.511. The molecule has 0 fully saturated rings.